The first kappa shape index (κ1) is 12.9. The Balaban J connectivity index is 1.75. The van der Waals surface area contributed by atoms with Gasteiger partial charge in [-0.25, -0.2) is 14.8 Å². The minimum absolute atomic E-state index is 0.0647. The topological polar surface area (TPSA) is 106 Å². The molecule has 2 N–H and O–H groups in total. The quantitative estimate of drug-likeness (QED) is 0.723. The van der Waals surface area contributed by atoms with Gasteiger partial charge in [0.15, 0.2) is 5.69 Å². The van der Waals surface area contributed by atoms with Crippen LogP contribution in [0.4, 0.5) is 5.82 Å². The molecule has 19 heavy (non-hydrogen) atoms. The molecule has 0 unspecified atom stereocenters. The highest BCUT2D eigenvalue weighted by Gasteiger charge is 2.04. The summed E-state index contributed by atoms with van der Waals surface area (Å²) in [7, 11) is 1.78. The van der Waals surface area contributed by atoms with Crippen LogP contribution >= 0.6 is 0 Å². The predicted molar refractivity (Wildman–Crippen MR) is 66.8 cm³/mol. The van der Waals surface area contributed by atoms with Crippen LogP contribution in [0.5, 0.6) is 0 Å². The fourth-order valence-corrected chi connectivity index (χ4v) is 1.52. The third-order valence-corrected chi connectivity index (χ3v) is 2.43. The normalized spacial score (nSPS) is 10.4. The molecule has 0 atom stereocenters. The maximum atomic E-state index is 10.6. The van der Waals surface area contributed by atoms with E-state index in [0.717, 1.165) is 18.5 Å². The highest BCUT2D eigenvalue weighted by atomic mass is 16.4. The lowest BCUT2D eigenvalue weighted by Crippen LogP contribution is -2.07. The van der Waals surface area contributed by atoms with Gasteiger partial charge in [0.2, 0.25) is 0 Å². The summed E-state index contributed by atoms with van der Waals surface area (Å²) in [5.41, 5.74) is 0.877. The molecule has 0 spiro atoms. The Labute approximate surface area is 109 Å². The van der Waals surface area contributed by atoms with Crippen molar-refractivity contribution in [3.05, 3.63) is 30.0 Å². The molecule has 8 heteroatoms. The number of hydrogen-bond donors (Lipinski definition) is 2. The van der Waals surface area contributed by atoms with Gasteiger partial charge in [0.1, 0.15) is 5.82 Å². The van der Waals surface area contributed by atoms with Gasteiger partial charge in [0, 0.05) is 13.6 Å². The zero-order valence-electron chi connectivity index (χ0n) is 10.4. The smallest absolute Gasteiger partial charge is 0.356 e. The van der Waals surface area contributed by atoms with Gasteiger partial charge >= 0.3 is 5.97 Å². The molecule has 0 aliphatic carbocycles. The van der Waals surface area contributed by atoms with Crippen LogP contribution in [0.25, 0.3) is 0 Å². The number of rotatable bonds is 6. The van der Waals surface area contributed by atoms with Gasteiger partial charge in [-0.1, -0.05) is 0 Å². The number of nitrogens with one attached hydrogen (secondary N) is 1. The molecule has 0 aliphatic rings. The Bertz CT molecular complexity index is 551. The van der Waals surface area contributed by atoms with Crippen molar-refractivity contribution < 1.29 is 9.90 Å². The molecule has 100 valence electrons. The summed E-state index contributed by atoms with van der Waals surface area (Å²) in [6.07, 6.45) is 6.07. The van der Waals surface area contributed by atoms with Crippen LogP contribution < -0.4 is 5.32 Å². The molecule has 0 radical (unpaired) electrons. The molecule has 2 rings (SSSR count). The maximum Gasteiger partial charge on any atom is 0.356 e. The Morgan fingerprint density at radius 3 is 2.79 bits per heavy atom. The number of carboxylic acid groups (broad SMARTS) is 1. The number of aromatic carboxylic acids is 1. The van der Waals surface area contributed by atoms with Gasteiger partial charge in [-0.15, -0.1) is 0 Å². The van der Waals surface area contributed by atoms with Gasteiger partial charge in [-0.05, 0) is 12.8 Å². The van der Waals surface area contributed by atoms with Crippen molar-refractivity contribution in [1.29, 1.82) is 0 Å². The zero-order chi connectivity index (χ0) is 13.7. The molecule has 2 heterocycles. The van der Waals surface area contributed by atoms with E-state index in [2.05, 4.69) is 25.5 Å². The van der Waals surface area contributed by atoms with Gasteiger partial charge in [-0.3, -0.25) is 0 Å². The average molecular weight is 262 g/mol. The van der Waals surface area contributed by atoms with Crippen LogP contribution in [0.15, 0.2) is 18.6 Å². The standard InChI is InChI=1S/C11H14N6O2/c1-17-15-5-8(16-17)3-2-4-12-10-7-13-9(6-14-10)11(18)19/h5-7H,2-4H2,1H3,(H,12,14)(H,18,19). The van der Waals surface area contributed by atoms with E-state index in [1.807, 2.05) is 0 Å². The molecule has 0 amide bonds. The van der Waals surface area contributed by atoms with E-state index in [9.17, 15) is 4.79 Å². The lowest BCUT2D eigenvalue weighted by atomic mass is 10.2. The van der Waals surface area contributed by atoms with E-state index >= 15 is 0 Å². The number of nitrogens with zero attached hydrogens (tertiary/aromatic N) is 5. The van der Waals surface area contributed by atoms with E-state index in [4.69, 9.17) is 5.11 Å². The molecule has 8 nitrogen and oxygen atoms in total. The predicted octanol–water partition coefficient (Wildman–Crippen LogP) is 0.348. The summed E-state index contributed by atoms with van der Waals surface area (Å²) in [5, 5.41) is 19.9. The summed E-state index contributed by atoms with van der Waals surface area (Å²) in [6, 6.07) is 0. The molecule has 0 bridgehead atoms. The summed E-state index contributed by atoms with van der Waals surface area (Å²) < 4.78 is 0. The zero-order valence-corrected chi connectivity index (χ0v) is 10.4. The molecular weight excluding hydrogens is 248 g/mol. The number of aryl methyl sites for hydroxylation is 2. The van der Waals surface area contributed by atoms with E-state index in [-0.39, 0.29) is 5.69 Å². The first-order valence-corrected chi connectivity index (χ1v) is 5.79. The van der Waals surface area contributed by atoms with E-state index in [1.165, 1.54) is 17.2 Å². The van der Waals surface area contributed by atoms with E-state index < -0.39 is 5.97 Å². The molecule has 2 aromatic rings. The van der Waals surface area contributed by atoms with Crippen LogP contribution in [0, 0.1) is 0 Å². The number of aromatic nitrogens is 5. The number of anilines is 1. The second-order valence-corrected chi connectivity index (χ2v) is 3.95. The highest BCUT2D eigenvalue weighted by Crippen LogP contribution is 2.02. The van der Waals surface area contributed by atoms with Gasteiger partial charge in [0.25, 0.3) is 0 Å². The Morgan fingerprint density at radius 2 is 2.21 bits per heavy atom. The number of hydrogen-bond acceptors (Lipinski definition) is 6. The van der Waals surface area contributed by atoms with Gasteiger partial charge in [0.05, 0.1) is 24.3 Å². The van der Waals surface area contributed by atoms with Crippen molar-refractivity contribution in [2.45, 2.75) is 12.8 Å². The third kappa shape index (κ3) is 3.73. The van der Waals surface area contributed by atoms with Crippen molar-refractivity contribution in [2.75, 3.05) is 11.9 Å². The van der Waals surface area contributed by atoms with Crippen LogP contribution in [0.3, 0.4) is 0 Å². The Kier molecular flexibility index (Phi) is 4.01. The molecule has 0 saturated carbocycles. The molecule has 0 saturated heterocycles. The third-order valence-electron chi connectivity index (χ3n) is 2.43. The summed E-state index contributed by atoms with van der Waals surface area (Å²) >= 11 is 0. The maximum absolute atomic E-state index is 10.6. The highest BCUT2D eigenvalue weighted by molar-refractivity contribution is 5.84. The van der Waals surface area contributed by atoms with Gasteiger partial charge < -0.3 is 10.4 Å². The van der Waals surface area contributed by atoms with Crippen LogP contribution in [-0.2, 0) is 13.5 Å². The van der Waals surface area contributed by atoms with Crippen molar-refractivity contribution in [1.82, 2.24) is 25.0 Å². The van der Waals surface area contributed by atoms with E-state index in [0.29, 0.717) is 12.4 Å². The van der Waals surface area contributed by atoms with Crippen LogP contribution in [0.2, 0.25) is 0 Å². The lowest BCUT2D eigenvalue weighted by molar-refractivity contribution is 0.0690. The summed E-state index contributed by atoms with van der Waals surface area (Å²) in [4.78, 5) is 19.9. The van der Waals surface area contributed by atoms with Gasteiger partial charge in [-0.2, -0.15) is 15.0 Å². The molecule has 2 aromatic heterocycles. The van der Waals surface area contributed by atoms with Crippen molar-refractivity contribution >= 4 is 11.8 Å². The molecule has 0 fully saturated rings. The second-order valence-electron chi connectivity index (χ2n) is 3.95. The number of carbonyl (C=O) groups is 1. The molecule has 0 aliphatic heterocycles. The minimum Gasteiger partial charge on any atom is -0.476 e. The number of carboxylic acids is 1. The fraction of sp³-hybridized carbons (Fsp3) is 0.364. The SMILES string of the molecule is Cn1ncc(CCCNc2cnc(C(=O)O)cn2)n1. The van der Waals surface area contributed by atoms with Crippen LogP contribution in [0.1, 0.15) is 22.6 Å². The fourth-order valence-electron chi connectivity index (χ4n) is 1.52. The molecule has 0 aromatic carbocycles. The Morgan fingerprint density at radius 1 is 1.37 bits per heavy atom. The first-order valence-electron chi connectivity index (χ1n) is 5.79. The minimum atomic E-state index is -1.08. The summed E-state index contributed by atoms with van der Waals surface area (Å²) in [6.45, 7) is 0.706. The first-order chi connectivity index (χ1) is 9.15. The van der Waals surface area contributed by atoms with E-state index in [1.54, 1.807) is 13.2 Å². The van der Waals surface area contributed by atoms with Crippen molar-refractivity contribution in [3.8, 4) is 0 Å². The monoisotopic (exact) mass is 262 g/mol. The largest absolute Gasteiger partial charge is 0.476 e. The van der Waals surface area contributed by atoms with Crippen LogP contribution in [-0.4, -0.2) is 42.6 Å². The summed E-state index contributed by atoms with van der Waals surface area (Å²) in [5.74, 6) is -0.522. The lowest BCUT2D eigenvalue weighted by Gasteiger charge is -2.03. The van der Waals surface area contributed by atoms with Crippen molar-refractivity contribution in [3.63, 3.8) is 0 Å². The Hall–Kier alpha value is -2.51. The average Bonchev–Trinajstić information content (AvgIpc) is 2.81. The second kappa shape index (κ2) is 5.89. The molecular formula is C11H14N6O2. The van der Waals surface area contributed by atoms with Crippen molar-refractivity contribution in [2.24, 2.45) is 7.05 Å².